The van der Waals surface area contributed by atoms with Crippen LogP contribution in [-0.2, 0) is 21.2 Å². The van der Waals surface area contributed by atoms with Gasteiger partial charge in [0, 0.05) is 31.7 Å². The number of hydrogen-bond acceptors (Lipinski definition) is 7. The number of nitrogens with zero attached hydrogens (tertiary/aromatic N) is 4. The molecular formula is C27H25F3N4O6S. The summed E-state index contributed by atoms with van der Waals surface area (Å²) in [4.78, 5) is 46.6. The Morgan fingerprint density at radius 3 is 2.20 bits per heavy atom. The molecule has 216 valence electrons. The Bertz CT molecular complexity index is 1610. The van der Waals surface area contributed by atoms with Gasteiger partial charge < -0.3 is 14.5 Å². The molecule has 0 spiro atoms. The number of ether oxygens (including phenoxy) is 1. The Balaban J connectivity index is 1.62. The van der Waals surface area contributed by atoms with Gasteiger partial charge in [-0.3, -0.25) is 14.6 Å². The lowest BCUT2D eigenvalue weighted by Crippen LogP contribution is -2.44. The molecule has 4 amide bonds. The predicted molar refractivity (Wildman–Crippen MR) is 142 cm³/mol. The number of benzene rings is 2. The fourth-order valence-electron chi connectivity index (χ4n) is 4.26. The number of rotatable bonds is 7. The zero-order chi connectivity index (χ0) is 30.3. The van der Waals surface area contributed by atoms with Crippen LogP contribution < -0.4 is 14.5 Å². The highest BCUT2D eigenvalue weighted by atomic mass is 32.2. The number of amides is 4. The van der Waals surface area contributed by atoms with E-state index in [-0.39, 0.29) is 17.8 Å². The van der Waals surface area contributed by atoms with Crippen LogP contribution in [0.3, 0.4) is 0 Å². The minimum Gasteiger partial charge on any atom is -0.497 e. The van der Waals surface area contributed by atoms with Gasteiger partial charge in [-0.05, 0) is 74.0 Å². The van der Waals surface area contributed by atoms with Gasteiger partial charge in [0.15, 0.2) is 0 Å². The number of imide groups is 1. The largest absolute Gasteiger partial charge is 0.501 e. The van der Waals surface area contributed by atoms with Crippen molar-refractivity contribution in [1.29, 1.82) is 0 Å². The molecule has 0 atom stereocenters. The Kier molecular flexibility index (Phi) is 7.56. The van der Waals surface area contributed by atoms with Crippen LogP contribution in [-0.4, -0.2) is 61.4 Å². The molecule has 14 heteroatoms. The lowest BCUT2D eigenvalue weighted by atomic mass is 10.0. The Labute approximate surface area is 233 Å². The second kappa shape index (κ2) is 10.5. The molecule has 0 radical (unpaired) electrons. The second-order valence-corrected chi connectivity index (χ2v) is 11.5. The number of pyridine rings is 1. The first kappa shape index (κ1) is 29.5. The molecule has 0 aliphatic carbocycles. The van der Waals surface area contributed by atoms with Gasteiger partial charge in [0.2, 0.25) is 0 Å². The van der Waals surface area contributed by atoms with Crippen molar-refractivity contribution in [3.63, 3.8) is 0 Å². The van der Waals surface area contributed by atoms with Crippen LogP contribution in [0.5, 0.6) is 5.75 Å². The lowest BCUT2D eigenvalue weighted by Gasteiger charge is -2.28. The summed E-state index contributed by atoms with van der Waals surface area (Å²) in [6.07, 6.45) is 2.79. The number of sulfone groups is 1. The van der Waals surface area contributed by atoms with Gasteiger partial charge >= 0.3 is 11.5 Å². The van der Waals surface area contributed by atoms with Crippen molar-refractivity contribution in [1.82, 2.24) is 9.88 Å². The molecular weight excluding hydrogens is 565 g/mol. The number of alkyl halides is 3. The standard InChI is InChI=1S/C27H25F3N4O6S/c1-26(2)24(36)34(19-7-11-21(12-8-19)41(38,39)27(28,29)30)25(37)33(26)16-17-13-14-31-15-22(17)23(35)32(3)18-5-9-20(40-4)10-6-18/h5-15H,16H2,1-4H3. The minimum absolute atomic E-state index is 0.109. The number of hydrogen-bond donors (Lipinski definition) is 0. The lowest BCUT2D eigenvalue weighted by molar-refractivity contribution is -0.123. The molecule has 0 bridgehead atoms. The van der Waals surface area contributed by atoms with E-state index in [1.54, 1.807) is 37.4 Å². The van der Waals surface area contributed by atoms with Crippen LogP contribution in [0.15, 0.2) is 71.9 Å². The maximum absolute atomic E-state index is 13.5. The first-order chi connectivity index (χ1) is 19.1. The topological polar surface area (TPSA) is 117 Å². The quantitative estimate of drug-likeness (QED) is 0.374. The summed E-state index contributed by atoms with van der Waals surface area (Å²) in [5, 5.41) is 0. The average Bonchev–Trinajstić information content (AvgIpc) is 3.11. The summed E-state index contributed by atoms with van der Waals surface area (Å²) in [7, 11) is -2.52. The van der Waals surface area contributed by atoms with E-state index in [4.69, 9.17) is 4.74 Å². The van der Waals surface area contributed by atoms with Crippen molar-refractivity contribution < 1.29 is 40.7 Å². The molecule has 0 N–H and O–H groups in total. The number of halogens is 3. The van der Waals surface area contributed by atoms with Gasteiger partial charge in [-0.2, -0.15) is 13.2 Å². The molecule has 0 unspecified atom stereocenters. The first-order valence-corrected chi connectivity index (χ1v) is 13.5. The maximum Gasteiger partial charge on any atom is 0.501 e. The number of carbonyl (C=O) groups excluding carboxylic acids is 3. The normalized spacial score (nSPS) is 15.3. The summed E-state index contributed by atoms with van der Waals surface area (Å²) >= 11 is 0. The summed E-state index contributed by atoms with van der Waals surface area (Å²) in [5.41, 5.74) is -5.88. The van der Waals surface area contributed by atoms with Crippen LogP contribution in [0.25, 0.3) is 0 Å². The van der Waals surface area contributed by atoms with E-state index in [0.717, 1.165) is 17.0 Å². The molecule has 10 nitrogen and oxygen atoms in total. The molecule has 1 saturated heterocycles. The van der Waals surface area contributed by atoms with E-state index >= 15 is 0 Å². The molecule has 1 aromatic heterocycles. The molecule has 0 saturated carbocycles. The SMILES string of the molecule is COc1ccc(N(C)C(=O)c2cnccc2CN2C(=O)N(c3ccc(S(=O)(=O)C(F)(F)F)cc3)C(=O)C2(C)C)cc1. The van der Waals surface area contributed by atoms with Crippen LogP contribution in [0.4, 0.5) is 29.3 Å². The number of methoxy groups -OCH3 is 1. The van der Waals surface area contributed by atoms with Crippen molar-refractivity contribution in [2.24, 2.45) is 0 Å². The summed E-state index contributed by atoms with van der Waals surface area (Å²) in [6.45, 7) is 2.80. The average molecular weight is 591 g/mol. The van der Waals surface area contributed by atoms with Crippen LogP contribution in [0.2, 0.25) is 0 Å². The third kappa shape index (κ3) is 5.22. The van der Waals surface area contributed by atoms with E-state index in [1.807, 2.05) is 0 Å². The molecule has 1 aliphatic heterocycles. The number of aromatic nitrogens is 1. The van der Waals surface area contributed by atoms with E-state index in [0.29, 0.717) is 29.1 Å². The maximum atomic E-state index is 13.5. The van der Waals surface area contributed by atoms with Crippen molar-refractivity contribution in [3.05, 3.63) is 78.1 Å². The third-order valence-electron chi connectivity index (χ3n) is 6.77. The van der Waals surface area contributed by atoms with Crippen molar-refractivity contribution in [3.8, 4) is 5.75 Å². The second-order valence-electron chi connectivity index (χ2n) is 9.61. The zero-order valence-corrected chi connectivity index (χ0v) is 23.2. The van der Waals surface area contributed by atoms with Crippen molar-refractivity contribution in [2.45, 2.75) is 36.3 Å². The summed E-state index contributed by atoms with van der Waals surface area (Å²) < 4.78 is 67.3. The summed E-state index contributed by atoms with van der Waals surface area (Å²) in [6, 6.07) is 10.8. The predicted octanol–water partition coefficient (Wildman–Crippen LogP) is 4.41. The zero-order valence-electron chi connectivity index (χ0n) is 22.3. The molecule has 41 heavy (non-hydrogen) atoms. The Morgan fingerprint density at radius 1 is 1.02 bits per heavy atom. The highest BCUT2D eigenvalue weighted by Gasteiger charge is 2.52. The summed E-state index contributed by atoms with van der Waals surface area (Å²) in [5.74, 6) is -0.504. The van der Waals surface area contributed by atoms with E-state index < -0.39 is 43.6 Å². The number of anilines is 2. The van der Waals surface area contributed by atoms with Gasteiger partial charge in [-0.1, -0.05) is 0 Å². The number of carbonyl (C=O) groups is 3. The van der Waals surface area contributed by atoms with E-state index in [1.165, 1.54) is 43.2 Å². The van der Waals surface area contributed by atoms with Gasteiger partial charge in [-0.15, -0.1) is 0 Å². The third-order valence-corrected chi connectivity index (χ3v) is 8.27. The Morgan fingerprint density at radius 2 is 1.63 bits per heavy atom. The molecule has 2 heterocycles. The van der Waals surface area contributed by atoms with E-state index in [9.17, 15) is 36.0 Å². The van der Waals surface area contributed by atoms with E-state index in [2.05, 4.69) is 4.98 Å². The van der Waals surface area contributed by atoms with Crippen LogP contribution in [0, 0.1) is 0 Å². The molecule has 2 aromatic carbocycles. The van der Waals surface area contributed by atoms with Gasteiger partial charge in [-0.25, -0.2) is 18.1 Å². The molecule has 1 fully saturated rings. The fraction of sp³-hybridized carbons (Fsp3) is 0.259. The van der Waals surface area contributed by atoms with Gasteiger partial charge in [0.25, 0.3) is 21.7 Å². The van der Waals surface area contributed by atoms with Gasteiger partial charge in [0.05, 0.1) is 23.3 Å². The van der Waals surface area contributed by atoms with Gasteiger partial charge in [0.1, 0.15) is 11.3 Å². The smallest absolute Gasteiger partial charge is 0.497 e. The van der Waals surface area contributed by atoms with Crippen LogP contribution in [0.1, 0.15) is 29.8 Å². The minimum atomic E-state index is -5.61. The first-order valence-electron chi connectivity index (χ1n) is 12.0. The number of urea groups is 1. The highest BCUT2D eigenvalue weighted by molar-refractivity contribution is 7.92. The highest BCUT2D eigenvalue weighted by Crippen LogP contribution is 2.36. The molecule has 1 aliphatic rings. The van der Waals surface area contributed by atoms with Crippen molar-refractivity contribution in [2.75, 3.05) is 24.0 Å². The monoisotopic (exact) mass is 590 g/mol. The van der Waals surface area contributed by atoms with Crippen molar-refractivity contribution >= 4 is 39.1 Å². The fourth-order valence-corrected chi connectivity index (χ4v) is 5.03. The molecule has 3 aromatic rings. The molecule has 4 rings (SSSR count). The van der Waals surface area contributed by atoms with Crippen LogP contribution >= 0.6 is 0 Å². The Hall–Kier alpha value is -4.46.